The molecule has 1 unspecified atom stereocenters. The largest absolute Gasteiger partial charge is 0.370 e. The summed E-state index contributed by atoms with van der Waals surface area (Å²) in [6, 6.07) is 7.72. The normalized spacial score (nSPS) is 17.5. The van der Waals surface area contributed by atoms with E-state index in [1.807, 2.05) is 24.3 Å². The summed E-state index contributed by atoms with van der Waals surface area (Å²) in [5.41, 5.74) is 7.15. The van der Waals surface area contributed by atoms with Gasteiger partial charge in [-0.25, -0.2) is 0 Å². The number of nitrogens with one attached hydrogen (secondary N) is 1. The number of primary amides is 1. The average molecular weight is 374 g/mol. The molecule has 1 aliphatic rings. The molecule has 1 aliphatic heterocycles. The molecule has 1 atom stereocenters. The number of rotatable bonds is 6. The van der Waals surface area contributed by atoms with E-state index in [0.717, 1.165) is 50.4 Å². The maximum atomic E-state index is 12.1. The minimum atomic E-state index is -0.239. The van der Waals surface area contributed by atoms with Crippen LogP contribution in [0.5, 0.6) is 0 Å². The average Bonchev–Trinajstić information content (AvgIpc) is 2.64. The van der Waals surface area contributed by atoms with Crippen molar-refractivity contribution in [2.75, 3.05) is 40.8 Å². The van der Waals surface area contributed by atoms with Gasteiger partial charge in [0.15, 0.2) is 5.96 Å². The van der Waals surface area contributed by atoms with E-state index in [0.29, 0.717) is 17.9 Å². The molecule has 0 aliphatic carbocycles. The van der Waals surface area contributed by atoms with E-state index in [1.54, 1.807) is 26.0 Å². The second kappa shape index (κ2) is 9.94. The third-order valence-electron chi connectivity index (χ3n) is 4.80. The molecule has 2 rings (SSSR count). The van der Waals surface area contributed by atoms with Crippen molar-refractivity contribution < 1.29 is 9.59 Å². The number of likely N-dealkylation sites (tertiary alicyclic amines) is 1. The number of carbonyl (C=O) groups excluding carboxylic acids is 2. The maximum Gasteiger partial charge on any atom is 0.253 e. The van der Waals surface area contributed by atoms with Crippen molar-refractivity contribution in [1.29, 1.82) is 0 Å². The molecule has 0 radical (unpaired) electrons. The second-order valence-corrected chi connectivity index (χ2v) is 7.25. The Balaban J connectivity index is 1.89. The Morgan fingerprint density at radius 3 is 2.81 bits per heavy atom. The van der Waals surface area contributed by atoms with Gasteiger partial charge in [-0.2, -0.15) is 0 Å². The topological polar surface area (TPSA) is 91.0 Å². The highest BCUT2D eigenvalue weighted by Crippen LogP contribution is 2.19. The van der Waals surface area contributed by atoms with E-state index in [-0.39, 0.29) is 11.8 Å². The van der Waals surface area contributed by atoms with Gasteiger partial charge in [0, 0.05) is 52.8 Å². The predicted molar refractivity (Wildman–Crippen MR) is 108 cm³/mol. The van der Waals surface area contributed by atoms with Crippen LogP contribution in [0.3, 0.4) is 0 Å². The van der Waals surface area contributed by atoms with Gasteiger partial charge >= 0.3 is 0 Å². The number of carbonyl (C=O) groups is 2. The molecule has 3 N–H and O–H groups in total. The number of aliphatic imine (C=N–C) groups is 1. The lowest BCUT2D eigenvalue weighted by atomic mass is 9.95. The van der Waals surface area contributed by atoms with Crippen LogP contribution in [0.15, 0.2) is 29.3 Å². The number of nitrogens with zero attached hydrogens (tertiary/aromatic N) is 3. The third kappa shape index (κ3) is 6.27. The second-order valence-electron chi connectivity index (χ2n) is 7.25. The summed E-state index contributed by atoms with van der Waals surface area (Å²) in [5, 5.41) is 3.40. The van der Waals surface area contributed by atoms with Crippen LogP contribution in [0, 0.1) is 5.92 Å². The fourth-order valence-corrected chi connectivity index (χ4v) is 3.48. The van der Waals surface area contributed by atoms with Crippen LogP contribution in [0.4, 0.5) is 0 Å². The summed E-state index contributed by atoms with van der Waals surface area (Å²) < 4.78 is 0. The molecule has 1 aromatic carbocycles. The van der Waals surface area contributed by atoms with Crippen molar-refractivity contribution >= 4 is 17.8 Å². The first-order chi connectivity index (χ1) is 12.9. The quantitative estimate of drug-likeness (QED) is 0.577. The molecule has 1 heterocycles. The molecule has 148 valence electrons. The van der Waals surface area contributed by atoms with E-state index < -0.39 is 0 Å². The smallest absolute Gasteiger partial charge is 0.253 e. The van der Waals surface area contributed by atoms with Crippen molar-refractivity contribution in [2.45, 2.75) is 25.7 Å². The highest BCUT2D eigenvalue weighted by molar-refractivity contribution is 5.94. The van der Waals surface area contributed by atoms with Crippen LogP contribution >= 0.6 is 0 Å². The SMILES string of the molecule is CN=C(NCCc1cccc(C(=O)N(C)C)c1)N1CCCC(CC(N)=O)C1. The van der Waals surface area contributed by atoms with Gasteiger partial charge in [-0.3, -0.25) is 14.6 Å². The molecular weight excluding hydrogens is 342 g/mol. The molecule has 7 nitrogen and oxygen atoms in total. The molecule has 0 saturated carbocycles. The van der Waals surface area contributed by atoms with Gasteiger partial charge in [-0.05, 0) is 42.9 Å². The number of guanidine groups is 1. The molecule has 7 heteroatoms. The lowest BCUT2D eigenvalue weighted by Crippen LogP contribution is -2.47. The van der Waals surface area contributed by atoms with Gasteiger partial charge in [-0.15, -0.1) is 0 Å². The summed E-state index contributed by atoms with van der Waals surface area (Å²) in [6.45, 7) is 2.46. The maximum absolute atomic E-state index is 12.1. The van der Waals surface area contributed by atoms with E-state index in [1.165, 1.54) is 0 Å². The first-order valence-corrected chi connectivity index (χ1v) is 9.45. The Morgan fingerprint density at radius 1 is 1.37 bits per heavy atom. The van der Waals surface area contributed by atoms with Crippen molar-refractivity contribution in [3.05, 3.63) is 35.4 Å². The molecule has 27 heavy (non-hydrogen) atoms. The number of amides is 2. The molecule has 1 fully saturated rings. The molecule has 0 spiro atoms. The van der Waals surface area contributed by atoms with E-state index in [9.17, 15) is 9.59 Å². The van der Waals surface area contributed by atoms with E-state index in [4.69, 9.17) is 5.73 Å². The van der Waals surface area contributed by atoms with Crippen LogP contribution in [0.1, 0.15) is 35.2 Å². The predicted octanol–water partition coefficient (Wildman–Crippen LogP) is 1.09. The lowest BCUT2D eigenvalue weighted by Gasteiger charge is -2.34. The Bertz CT molecular complexity index is 687. The number of benzene rings is 1. The fourth-order valence-electron chi connectivity index (χ4n) is 3.48. The van der Waals surface area contributed by atoms with Gasteiger partial charge in [0.25, 0.3) is 5.91 Å². The Hall–Kier alpha value is -2.57. The van der Waals surface area contributed by atoms with Crippen molar-refractivity contribution in [3.63, 3.8) is 0 Å². The number of hydrogen-bond acceptors (Lipinski definition) is 3. The standard InChI is InChI=1S/C20H31N5O2/c1-22-20(25-11-5-7-16(14-25)13-18(21)26)23-10-9-15-6-4-8-17(12-15)19(27)24(2)3/h4,6,8,12,16H,5,7,9-11,13-14H2,1-3H3,(H2,21,26)(H,22,23). The summed E-state index contributed by atoms with van der Waals surface area (Å²) in [6.07, 6.45) is 3.29. The molecule has 0 bridgehead atoms. The van der Waals surface area contributed by atoms with Crippen LogP contribution in [0.2, 0.25) is 0 Å². The lowest BCUT2D eigenvalue weighted by molar-refractivity contribution is -0.119. The highest BCUT2D eigenvalue weighted by Gasteiger charge is 2.23. The monoisotopic (exact) mass is 373 g/mol. The van der Waals surface area contributed by atoms with Gasteiger partial charge in [0.05, 0.1) is 0 Å². The van der Waals surface area contributed by atoms with Gasteiger partial charge in [-0.1, -0.05) is 12.1 Å². The first-order valence-electron chi connectivity index (χ1n) is 9.45. The molecule has 2 amide bonds. The van der Waals surface area contributed by atoms with E-state index >= 15 is 0 Å². The zero-order chi connectivity index (χ0) is 19.8. The highest BCUT2D eigenvalue weighted by atomic mass is 16.2. The Labute approximate surface area is 161 Å². The van der Waals surface area contributed by atoms with Crippen LogP contribution in [0.25, 0.3) is 0 Å². The summed E-state index contributed by atoms with van der Waals surface area (Å²) in [4.78, 5) is 31.4. The minimum absolute atomic E-state index is 0.00873. The third-order valence-corrected chi connectivity index (χ3v) is 4.80. The zero-order valence-electron chi connectivity index (χ0n) is 16.6. The number of hydrogen-bond donors (Lipinski definition) is 2. The van der Waals surface area contributed by atoms with E-state index in [2.05, 4.69) is 15.2 Å². The van der Waals surface area contributed by atoms with Crippen molar-refractivity contribution in [1.82, 2.24) is 15.1 Å². The van der Waals surface area contributed by atoms with Crippen LogP contribution in [-0.2, 0) is 11.2 Å². The first kappa shape index (κ1) is 20.7. The minimum Gasteiger partial charge on any atom is -0.370 e. The Morgan fingerprint density at radius 2 is 2.15 bits per heavy atom. The Kier molecular flexibility index (Phi) is 7.64. The van der Waals surface area contributed by atoms with Gasteiger partial charge < -0.3 is 20.9 Å². The zero-order valence-corrected chi connectivity index (χ0v) is 16.6. The number of nitrogens with two attached hydrogens (primary N) is 1. The van der Waals surface area contributed by atoms with Crippen molar-refractivity contribution in [3.8, 4) is 0 Å². The van der Waals surface area contributed by atoms with Crippen molar-refractivity contribution in [2.24, 2.45) is 16.6 Å². The summed E-state index contributed by atoms with van der Waals surface area (Å²) in [7, 11) is 5.28. The molecule has 0 aromatic heterocycles. The van der Waals surface area contributed by atoms with Crippen LogP contribution in [-0.4, -0.2) is 68.4 Å². The van der Waals surface area contributed by atoms with Gasteiger partial charge in [0.1, 0.15) is 0 Å². The fraction of sp³-hybridized carbons (Fsp3) is 0.550. The number of piperidine rings is 1. The van der Waals surface area contributed by atoms with Crippen LogP contribution < -0.4 is 11.1 Å². The molecular formula is C20H31N5O2. The summed E-state index contributed by atoms with van der Waals surface area (Å²) >= 11 is 0. The summed E-state index contributed by atoms with van der Waals surface area (Å²) in [5.74, 6) is 0.916. The molecule has 1 aromatic rings. The molecule has 1 saturated heterocycles. The van der Waals surface area contributed by atoms with Gasteiger partial charge in [0.2, 0.25) is 5.91 Å².